The number of amides is 1. The Morgan fingerprint density at radius 2 is 2.06 bits per heavy atom. The summed E-state index contributed by atoms with van der Waals surface area (Å²) in [7, 11) is -3.91. The van der Waals surface area contributed by atoms with Gasteiger partial charge >= 0.3 is 6.09 Å². The minimum absolute atomic E-state index is 0.00646. The molecule has 0 N–H and O–H groups in total. The van der Waals surface area contributed by atoms with Crippen molar-refractivity contribution in [2.45, 2.75) is 5.75 Å². The highest BCUT2D eigenvalue weighted by Gasteiger charge is 2.34. The van der Waals surface area contributed by atoms with E-state index in [1.807, 2.05) is 17.0 Å². The second-order valence-electron chi connectivity index (χ2n) is 7.10. The van der Waals surface area contributed by atoms with E-state index in [-0.39, 0.29) is 18.2 Å². The molecule has 3 aliphatic heterocycles. The highest BCUT2D eigenvalue weighted by molar-refractivity contribution is 7.88. The van der Waals surface area contributed by atoms with Crippen LogP contribution in [0.15, 0.2) is 46.4 Å². The lowest BCUT2D eigenvalue weighted by atomic mass is 10.1. The van der Waals surface area contributed by atoms with Crippen LogP contribution < -0.4 is 4.74 Å². The van der Waals surface area contributed by atoms with Crippen molar-refractivity contribution in [3.8, 4) is 11.5 Å². The molecule has 0 spiro atoms. The van der Waals surface area contributed by atoms with Gasteiger partial charge in [0.05, 0.1) is 35.9 Å². The standard InChI is InChI=1S/C20H17ClN4O5S/c21-18-13(11-31(27,28)25-8-9-29-20(25)26)2-1-3-17(18)30-14-4-5-16-15(10-14)19-22-6-7-24(19)12-23-16/h1-5,10,12H,6-9,11H2. The van der Waals surface area contributed by atoms with Crippen LogP contribution in [0.3, 0.4) is 0 Å². The maximum atomic E-state index is 12.6. The summed E-state index contributed by atoms with van der Waals surface area (Å²) in [5, 5.41) is 0.161. The largest absolute Gasteiger partial charge is 0.456 e. The molecule has 9 nitrogen and oxygen atoms in total. The first-order chi connectivity index (χ1) is 14.9. The van der Waals surface area contributed by atoms with Crippen LogP contribution in [0.5, 0.6) is 11.5 Å². The Morgan fingerprint density at radius 3 is 2.87 bits per heavy atom. The summed E-state index contributed by atoms with van der Waals surface area (Å²) in [6.07, 6.45) is 0.898. The lowest BCUT2D eigenvalue weighted by molar-refractivity contribution is 0.170. The highest BCUT2D eigenvalue weighted by Crippen LogP contribution is 2.36. The first kappa shape index (κ1) is 19.8. The van der Waals surface area contributed by atoms with Gasteiger partial charge in [-0.2, -0.15) is 0 Å². The zero-order chi connectivity index (χ0) is 21.6. The lowest BCUT2D eigenvalue weighted by Gasteiger charge is -2.21. The van der Waals surface area contributed by atoms with E-state index in [2.05, 4.69) is 9.98 Å². The van der Waals surface area contributed by atoms with E-state index < -0.39 is 21.9 Å². The molecule has 160 valence electrons. The van der Waals surface area contributed by atoms with Crippen LogP contribution in [0.1, 0.15) is 11.1 Å². The van der Waals surface area contributed by atoms with Crippen LogP contribution in [0.4, 0.5) is 10.5 Å². The Bertz CT molecular complexity index is 1240. The van der Waals surface area contributed by atoms with Crippen molar-refractivity contribution < 1.29 is 22.7 Å². The summed E-state index contributed by atoms with van der Waals surface area (Å²) < 4.78 is 36.6. The van der Waals surface area contributed by atoms with Gasteiger partial charge in [-0.1, -0.05) is 23.7 Å². The molecule has 3 aliphatic rings. The van der Waals surface area contributed by atoms with E-state index >= 15 is 0 Å². The Labute approximate surface area is 183 Å². The predicted molar refractivity (Wildman–Crippen MR) is 115 cm³/mol. The second-order valence-corrected chi connectivity index (χ2v) is 9.37. The molecule has 1 fully saturated rings. The number of halogens is 1. The smallest absolute Gasteiger partial charge is 0.423 e. The molecule has 0 aliphatic carbocycles. The number of ether oxygens (including phenoxy) is 2. The number of aliphatic imine (C=N–C) groups is 2. The maximum Gasteiger partial charge on any atom is 0.423 e. The number of carbonyl (C=O) groups excluding carboxylic acids is 1. The highest BCUT2D eigenvalue weighted by atomic mass is 35.5. The topological polar surface area (TPSA) is 101 Å². The fourth-order valence-corrected chi connectivity index (χ4v) is 5.33. The molecule has 2 aromatic carbocycles. The molecule has 3 heterocycles. The van der Waals surface area contributed by atoms with Gasteiger partial charge in [-0.3, -0.25) is 4.99 Å². The third-order valence-electron chi connectivity index (χ3n) is 5.09. The van der Waals surface area contributed by atoms with Crippen LogP contribution in [-0.2, 0) is 20.5 Å². The SMILES string of the molecule is O=C1OCCN1S(=O)(=O)Cc1cccc(Oc2ccc3c(c2)C2=NCCN2C=N3)c1Cl. The zero-order valence-corrected chi connectivity index (χ0v) is 17.8. The third-order valence-corrected chi connectivity index (χ3v) is 7.20. The maximum absolute atomic E-state index is 12.6. The summed E-state index contributed by atoms with van der Waals surface area (Å²) in [5.74, 6) is 1.24. The molecule has 5 rings (SSSR count). The average molecular weight is 461 g/mol. The predicted octanol–water partition coefficient (Wildman–Crippen LogP) is 3.15. The van der Waals surface area contributed by atoms with Crippen LogP contribution in [0.25, 0.3) is 0 Å². The summed E-state index contributed by atoms with van der Waals surface area (Å²) in [6.45, 7) is 1.53. The molecule has 0 bridgehead atoms. The van der Waals surface area contributed by atoms with Gasteiger partial charge in [0.1, 0.15) is 23.9 Å². The van der Waals surface area contributed by atoms with Crippen molar-refractivity contribution in [2.24, 2.45) is 9.98 Å². The minimum atomic E-state index is -3.91. The number of nitrogens with zero attached hydrogens (tertiary/aromatic N) is 4. The molecule has 0 saturated carbocycles. The minimum Gasteiger partial charge on any atom is -0.456 e. The van der Waals surface area contributed by atoms with Crippen molar-refractivity contribution >= 4 is 45.6 Å². The summed E-state index contributed by atoms with van der Waals surface area (Å²) in [5.41, 5.74) is 1.99. The van der Waals surface area contributed by atoms with Gasteiger partial charge in [-0.05, 0) is 29.8 Å². The summed E-state index contributed by atoms with van der Waals surface area (Å²) in [4.78, 5) is 22.6. The molecule has 1 saturated heterocycles. The molecule has 11 heteroatoms. The summed E-state index contributed by atoms with van der Waals surface area (Å²) in [6, 6.07) is 10.3. The molecular formula is C20H17ClN4O5S. The number of benzene rings is 2. The van der Waals surface area contributed by atoms with Crippen LogP contribution in [-0.4, -0.2) is 62.1 Å². The Hall–Kier alpha value is -3.11. The normalized spacial score (nSPS) is 17.3. The number of hydrogen-bond acceptors (Lipinski definition) is 8. The van der Waals surface area contributed by atoms with Gasteiger partial charge in [0.15, 0.2) is 0 Å². The van der Waals surface area contributed by atoms with Crippen LogP contribution >= 0.6 is 11.6 Å². The van der Waals surface area contributed by atoms with E-state index in [9.17, 15) is 13.2 Å². The molecule has 2 aromatic rings. The average Bonchev–Trinajstić information content (AvgIpc) is 3.40. The molecule has 0 atom stereocenters. The van der Waals surface area contributed by atoms with Crippen molar-refractivity contribution in [2.75, 3.05) is 26.2 Å². The quantitative estimate of drug-likeness (QED) is 0.679. The van der Waals surface area contributed by atoms with Gasteiger partial charge in [0, 0.05) is 12.1 Å². The fourth-order valence-electron chi connectivity index (χ4n) is 3.59. The van der Waals surface area contributed by atoms with E-state index in [1.54, 1.807) is 30.6 Å². The second kappa shape index (κ2) is 7.54. The molecule has 0 radical (unpaired) electrons. The van der Waals surface area contributed by atoms with Crippen LogP contribution in [0, 0.1) is 0 Å². The Morgan fingerprint density at radius 1 is 1.19 bits per heavy atom. The van der Waals surface area contributed by atoms with E-state index in [0.29, 0.717) is 23.6 Å². The van der Waals surface area contributed by atoms with Crippen molar-refractivity contribution in [1.82, 2.24) is 9.21 Å². The summed E-state index contributed by atoms with van der Waals surface area (Å²) >= 11 is 6.46. The lowest BCUT2D eigenvalue weighted by Crippen LogP contribution is -2.32. The number of amidine groups is 1. The monoisotopic (exact) mass is 460 g/mol. The van der Waals surface area contributed by atoms with Gasteiger partial charge in [0.2, 0.25) is 10.0 Å². The number of cyclic esters (lactones) is 1. The third kappa shape index (κ3) is 3.61. The van der Waals surface area contributed by atoms with Crippen molar-refractivity contribution in [1.29, 1.82) is 0 Å². The fraction of sp³-hybridized carbons (Fsp3) is 0.250. The molecular weight excluding hydrogens is 444 g/mol. The molecule has 0 aromatic heterocycles. The number of hydrogen-bond donors (Lipinski definition) is 0. The Kier molecular flexibility index (Phi) is 4.82. The number of fused-ring (bicyclic) bond motifs is 3. The van der Waals surface area contributed by atoms with Gasteiger partial charge < -0.3 is 14.4 Å². The van der Waals surface area contributed by atoms with Crippen LogP contribution in [0.2, 0.25) is 5.02 Å². The van der Waals surface area contributed by atoms with Gasteiger partial charge in [-0.15, -0.1) is 0 Å². The van der Waals surface area contributed by atoms with E-state index in [4.69, 9.17) is 21.1 Å². The van der Waals surface area contributed by atoms with Crippen molar-refractivity contribution in [3.05, 3.63) is 52.5 Å². The van der Waals surface area contributed by atoms with Crippen molar-refractivity contribution in [3.63, 3.8) is 0 Å². The number of rotatable bonds is 5. The molecule has 31 heavy (non-hydrogen) atoms. The first-order valence-electron chi connectivity index (χ1n) is 9.54. The molecule has 0 unspecified atom stereocenters. The first-order valence-corrected chi connectivity index (χ1v) is 11.5. The zero-order valence-electron chi connectivity index (χ0n) is 16.2. The molecule has 1 amide bonds. The van der Waals surface area contributed by atoms with Gasteiger partial charge in [-0.25, -0.2) is 22.5 Å². The number of sulfonamides is 1. The Balaban J connectivity index is 1.41. The van der Waals surface area contributed by atoms with E-state index in [0.717, 1.165) is 27.9 Å². The van der Waals surface area contributed by atoms with E-state index in [1.165, 1.54) is 0 Å². The number of carbonyl (C=O) groups is 1. The van der Waals surface area contributed by atoms with Gasteiger partial charge in [0.25, 0.3) is 0 Å².